The first kappa shape index (κ1) is 27.2. The number of hydrogen-bond donors (Lipinski definition) is 3. The predicted octanol–water partition coefficient (Wildman–Crippen LogP) is 6.69. The van der Waals surface area contributed by atoms with Crippen molar-refractivity contribution in [3.63, 3.8) is 0 Å². The molecule has 5 nitrogen and oxygen atoms in total. The van der Waals surface area contributed by atoms with Gasteiger partial charge in [-0.2, -0.15) is 0 Å². The summed E-state index contributed by atoms with van der Waals surface area (Å²) in [5, 5.41) is 19.6. The third-order valence-electron chi connectivity index (χ3n) is 4.70. The average molecular weight is 499 g/mol. The first-order chi connectivity index (χ1) is 16.5. The normalized spacial score (nSPS) is 10.4. The first-order valence-corrected chi connectivity index (χ1v) is 10.1. The summed E-state index contributed by atoms with van der Waals surface area (Å²) in [5.74, 6) is -11.1. The van der Waals surface area contributed by atoms with Crippen molar-refractivity contribution in [2.24, 2.45) is 0 Å². The van der Waals surface area contributed by atoms with Crippen LogP contribution in [0.1, 0.15) is 46.0 Å². The Hall–Kier alpha value is -4.02. The topological polar surface area (TPSA) is 86.6 Å². The Kier molecular flexibility index (Phi) is 9.26. The molecule has 11 heteroatoms. The zero-order chi connectivity index (χ0) is 26.3. The monoisotopic (exact) mass is 499 g/mol. The highest BCUT2D eigenvalue weighted by molar-refractivity contribution is 5.95. The quantitative estimate of drug-likeness (QED) is 0.249. The number of carbonyl (C=O) groups is 2. The summed E-state index contributed by atoms with van der Waals surface area (Å²) in [5.41, 5.74) is -1.28. The molecule has 0 bridgehead atoms. The lowest BCUT2D eigenvalue weighted by atomic mass is 10.1. The Labute approximate surface area is 195 Å². The molecule has 0 aliphatic heterocycles. The first-order valence-electron chi connectivity index (χ1n) is 10.1. The predicted molar refractivity (Wildman–Crippen MR) is 115 cm³/mol. The van der Waals surface area contributed by atoms with E-state index in [4.69, 9.17) is 10.2 Å². The van der Waals surface area contributed by atoms with Crippen LogP contribution in [0.3, 0.4) is 0 Å². The van der Waals surface area contributed by atoms with E-state index >= 15 is 0 Å². The molecule has 3 N–H and O–H groups in total. The van der Waals surface area contributed by atoms with Crippen LogP contribution in [-0.2, 0) is 6.42 Å². The lowest BCUT2D eigenvalue weighted by molar-refractivity contribution is 0.0682. The molecule has 3 aromatic rings. The molecule has 0 aromatic heterocycles. The number of anilines is 2. The van der Waals surface area contributed by atoms with E-state index in [0.717, 1.165) is 24.5 Å². The van der Waals surface area contributed by atoms with Crippen molar-refractivity contribution in [1.82, 2.24) is 0 Å². The van der Waals surface area contributed by atoms with Crippen molar-refractivity contribution in [2.75, 3.05) is 5.32 Å². The standard InChI is InChI=1S/C17H16F3NO2.C7H3F3O2/c1-2-3-4-10-5-8-14(13(19)9-10)21-16-11(17(22)23)6-7-12(18)15(16)20;8-4-2-1-3(7(11)12)5(9)6(4)10/h5-9,21H,2-4H2,1H3,(H,22,23);1-2H,(H,11,12). The number of aryl methyl sites for hydroxylation is 1. The molecule has 186 valence electrons. The van der Waals surface area contributed by atoms with E-state index in [9.17, 15) is 35.9 Å². The zero-order valence-corrected chi connectivity index (χ0v) is 18.1. The molecule has 0 saturated carbocycles. The highest BCUT2D eigenvalue weighted by Gasteiger charge is 2.20. The number of benzene rings is 3. The van der Waals surface area contributed by atoms with Crippen LogP contribution >= 0.6 is 0 Å². The van der Waals surface area contributed by atoms with E-state index in [1.54, 1.807) is 6.07 Å². The van der Waals surface area contributed by atoms with Crippen molar-refractivity contribution < 1.29 is 46.1 Å². The summed E-state index contributed by atoms with van der Waals surface area (Å²) >= 11 is 0. The second-order valence-corrected chi connectivity index (χ2v) is 7.16. The number of rotatable bonds is 7. The fourth-order valence-electron chi connectivity index (χ4n) is 2.87. The van der Waals surface area contributed by atoms with E-state index in [2.05, 4.69) is 5.32 Å². The van der Waals surface area contributed by atoms with Crippen molar-refractivity contribution in [3.05, 3.63) is 94.1 Å². The average Bonchev–Trinajstić information content (AvgIpc) is 2.80. The van der Waals surface area contributed by atoms with Crippen molar-refractivity contribution >= 4 is 23.3 Å². The number of aromatic carboxylic acids is 2. The molecule has 0 radical (unpaired) electrons. The zero-order valence-electron chi connectivity index (χ0n) is 18.1. The van der Waals surface area contributed by atoms with Gasteiger partial charge in [-0.05, 0) is 54.8 Å². The van der Waals surface area contributed by atoms with Crippen molar-refractivity contribution in [1.29, 1.82) is 0 Å². The Morgan fingerprint density at radius 3 is 1.86 bits per heavy atom. The molecular formula is C24H19F6NO4. The second kappa shape index (κ2) is 11.9. The SMILES string of the molecule is CCCCc1ccc(Nc2c(C(=O)O)ccc(F)c2F)c(F)c1.O=C(O)c1ccc(F)c(F)c1F. The molecule has 0 unspecified atom stereocenters. The van der Waals surface area contributed by atoms with Gasteiger partial charge in [0.25, 0.3) is 0 Å². The highest BCUT2D eigenvalue weighted by atomic mass is 19.2. The fraction of sp³-hybridized carbons (Fsp3) is 0.167. The van der Waals surface area contributed by atoms with Gasteiger partial charge in [0, 0.05) is 0 Å². The molecular weight excluding hydrogens is 480 g/mol. The summed E-state index contributed by atoms with van der Waals surface area (Å²) in [6.45, 7) is 2.02. The Morgan fingerprint density at radius 2 is 1.31 bits per heavy atom. The minimum atomic E-state index is -1.77. The molecule has 0 spiro atoms. The summed E-state index contributed by atoms with van der Waals surface area (Å²) < 4.78 is 78.4. The van der Waals surface area contributed by atoms with E-state index in [1.165, 1.54) is 12.1 Å². The van der Waals surface area contributed by atoms with E-state index in [-0.39, 0.29) is 5.69 Å². The minimum Gasteiger partial charge on any atom is -0.478 e. The van der Waals surface area contributed by atoms with Gasteiger partial charge < -0.3 is 15.5 Å². The third-order valence-corrected chi connectivity index (χ3v) is 4.70. The molecule has 0 saturated heterocycles. The minimum absolute atomic E-state index is 0.114. The van der Waals surface area contributed by atoms with Gasteiger partial charge in [-0.3, -0.25) is 0 Å². The summed E-state index contributed by atoms with van der Waals surface area (Å²) in [7, 11) is 0. The van der Waals surface area contributed by atoms with Crippen LogP contribution in [-0.4, -0.2) is 22.2 Å². The largest absolute Gasteiger partial charge is 0.478 e. The summed E-state index contributed by atoms with van der Waals surface area (Å²) in [6.07, 6.45) is 2.59. The van der Waals surface area contributed by atoms with Gasteiger partial charge in [0.2, 0.25) is 0 Å². The van der Waals surface area contributed by atoms with E-state index in [0.29, 0.717) is 24.6 Å². The molecule has 0 heterocycles. The maximum Gasteiger partial charge on any atom is 0.338 e. The maximum absolute atomic E-state index is 14.1. The molecule has 3 rings (SSSR count). The van der Waals surface area contributed by atoms with Crippen LogP contribution in [0.4, 0.5) is 37.7 Å². The molecule has 0 aliphatic rings. The van der Waals surface area contributed by atoms with Crippen LogP contribution in [0.2, 0.25) is 0 Å². The number of nitrogens with one attached hydrogen (secondary N) is 1. The van der Waals surface area contributed by atoms with Crippen LogP contribution in [0.5, 0.6) is 0 Å². The van der Waals surface area contributed by atoms with Gasteiger partial charge in [-0.25, -0.2) is 35.9 Å². The lowest BCUT2D eigenvalue weighted by Gasteiger charge is -2.13. The Bertz CT molecular complexity index is 1250. The van der Waals surface area contributed by atoms with Crippen molar-refractivity contribution in [3.8, 4) is 0 Å². The van der Waals surface area contributed by atoms with Gasteiger partial charge in [-0.1, -0.05) is 19.4 Å². The number of carboxylic acid groups (broad SMARTS) is 2. The van der Waals surface area contributed by atoms with Gasteiger partial charge in [0.1, 0.15) is 5.82 Å². The Morgan fingerprint density at radius 1 is 0.743 bits per heavy atom. The molecule has 0 amide bonds. The van der Waals surface area contributed by atoms with Crippen LogP contribution in [0.15, 0.2) is 42.5 Å². The van der Waals surface area contributed by atoms with E-state index in [1.807, 2.05) is 6.92 Å². The molecule has 3 aromatic carbocycles. The van der Waals surface area contributed by atoms with Gasteiger partial charge in [0.05, 0.1) is 22.5 Å². The molecule has 0 fully saturated rings. The van der Waals surface area contributed by atoms with Crippen LogP contribution < -0.4 is 5.32 Å². The van der Waals surface area contributed by atoms with Crippen molar-refractivity contribution in [2.45, 2.75) is 26.2 Å². The summed E-state index contributed by atoms with van der Waals surface area (Å²) in [4.78, 5) is 21.3. The van der Waals surface area contributed by atoms with Crippen LogP contribution in [0.25, 0.3) is 0 Å². The smallest absolute Gasteiger partial charge is 0.338 e. The number of unbranched alkanes of at least 4 members (excludes halogenated alkanes) is 1. The van der Waals surface area contributed by atoms with Gasteiger partial charge in [0.15, 0.2) is 29.1 Å². The molecule has 35 heavy (non-hydrogen) atoms. The van der Waals surface area contributed by atoms with Crippen LogP contribution in [0, 0.1) is 34.9 Å². The highest BCUT2D eigenvalue weighted by Crippen LogP contribution is 2.28. The third kappa shape index (κ3) is 6.75. The lowest BCUT2D eigenvalue weighted by Crippen LogP contribution is -2.07. The molecule has 0 aliphatic carbocycles. The van der Waals surface area contributed by atoms with E-state index < -0.39 is 63.7 Å². The maximum atomic E-state index is 14.1. The number of hydrogen-bond acceptors (Lipinski definition) is 3. The van der Waals surface area contributed by atoms with Gasteiger partial charge >= 0.3 is 11.9 Å². The second-order valence-electron chi connectivity index (χ2n) is 7.16. The summed E-state index contributed by atoms with van der Waals surface area (Å²) in [6, 6.07) is 7.22. The number of halogens is 6. The number of carboxylic acids is 2. The van der Waals surface area contributed by atoms with Gasteiger partial charge in [-0.15, -0.1) is 0 Å². The Balaban J connectivity index is 0.000000303. The fourth-order valence-corrected chi connectivity index (χ4v) is 2.87. The molecule has 0 atom stereocenters.